The molecule has 0 aliphatic rings. The third kappa shape index (κ3) is 3.88. The van der Waals surface area contributed by atoms with Gasteiger partial charge in [-0.05, 0) is 13.8 Å². The quantitative estimate of drug-likeness (QED) is 0.839. The maximum Gasteiger partial charge on any atom is 0.347 e. The first kappa shape index (κ1) is 18.3. The van der Waals surface area contributed by atoms with Crippen molar-refractivity contribution in [1.29, 1.82) is 0 Å². The van der Waals surface area contributed by atoms with Gasteiger partial charge < -0.3 is 10.4 Å². The molecule has 1 atom stereocenters. The summed E-state index contributed by atoms with van der Waals surface area (Å²) in [4.78, 5) is 36.2. The SMILES string of the molecule is Cc1nc(C(C)NC(=O)c2nc(C(C)C)ncc2Cl)sc1C(=O)O. The van der Waals surface area contributed by atoms with E-state index in [1.807, 2.05) is 13.8 Å². The number of aromatic carboxylic acids is 1. The molecule has 1 unspecified atom stereocenters. The van der Waals surface area contributed by atoms with Crippen molar-refractivity contribution in [3.05, 3.63) is 38.3 Å². The molecule has 2 rings (SSSR count). The summed E-state index contributed by atoms with van der Waals surface area (Å²) in [5.74, 6) is -0.904. The molecule has 0 aliphatic heterocycles. The molecule has 7 nitrogen and oxygen atoms in total. The number of halogens is 1. The van der Waals surface area contributed by atoms with Crippen LogP contribution in [-0.4, -0.2) is 31.9 Å². The van der Waals surface area contributed by atoms with Crippen LogP contribution in [0.4, 0.5) is 0 Å². The summed E-state index contributed by atoms with van der Waals surface area (Å²) >= 11 is 7.05. The first-order chi connectivity index (χ1) is 11.2. The molecule has 2 heterocycles. The van der Waals surface area contributed by atoms with Gasteiger partial charge in [-0.2, -0.15) is 0 Å². The molecular formula is C15H17ClN4O3S. The fraction of sp³-hybridized carbons (Fsp3) is 0.400. The molecule has 9 heteroatoms. The number of thiazole rings is 1. The lowest BCUT2D eigenvalue weighted by Crippen LogP contribution is -2.28. The maximum atomic E-state index is 12.4. The number of carboxylic acids is 1. The Labute approximate surface area is 148 Å². The molecule has 0 saturated heterocycles. The van der Waals surface area contributed by atoms with E-state index in [1.54, 1.807) is 13.8 Å². The zero-order valence-electron chi connectivity index (χ0n) is 13.6. The summed E-state index contributed by atoms with van der Waals surface area (Å²) in [6.45, 7) is 7.17. The number of hydrogen-bond acceptors (Lipinski definition) is 6. The van der Waals surface area contributed by atoms with Gasteiger partial charge in [-0.3, -0.25) is 4.79 Å². The Morgan fingerprint density at radius 1 is 1.29 bits per heavy atom. The summed E-state index contributed by atoms with van der Waals surface area (Å²) in [6.07, 6.45) is 1.40. The van der Waals surface area contributed by atoms with Crippen LogP contribution in [0.3, 0.4) is 0 Å². The number of nitrogens with one attached hydrogen (secondary N) is 1. The molecule has 128 valence electrons. The fourth-order valence-electron chi connectivity index (χ4n) is 1.95. The van der Waals surface area contributed by atoms with Gasteiger partial charge in [-0.1, -0.05) is 25.4 Å². The molecular weight excluding hydrogens is 352 g/mol. The van der Waals surface area contributed by atoms with E-state index in [4.69, 9.17) is 16.7 Å². The Bertz CT molecular complexity index is 791. The highest BCUT2D eigenvalue weighted by Crippen LogP contribution is 2.24. The number of rotatable bonds is 5. The van der Waals surface area contributed by atoms with E-state index in [0.29, 0.717) is 16.5 Å². The van der Waals surface area contributed by atoms with Gasteiger partial charge in [0, 0.05) is 5.92 Å². The second-order valence-electron chi connectivity index (χ2n) is 5.55. The first-order valence-electron chi connectivity index (χ1n) is 7.24. The Morgan fingerprint density at radius 2 is 1.96 bits per heavy atom. The molecule has 0 fully saturated rings. The summed E-state index contributed by atoms with van der Waals surface area (Å²) in [6, 6.07) is -0.470. The lowest BCUT2D eigenvalue weighted by Gasteiger charge is -2.12. The third-order valence-corrected chi connectivity index (χ3v) is 4.82. The normalized spacial score (nSPS) is 12.2. The Kier molecular flexibility index (Phi) is 5.51. The molecule has 0 aromatic carbocycles. The van der Waals surface area contributed by atoms with Crippen molar-refractivity contribution in [3.63, 3.8) is 0 Å². The lowest BCUT2D eigenvalue weighted by atomic mass is 10.2. The molecule has 24 heavy (non-hydrogen) atoms. The van der Waals surface area contributed by atoms with Gasteiger partial charge in [0.15, 0.2) is 0 Å². The predicted molar refractivity (Wildman–Crippen MR) is 90.8 cm³/mol. The van der Waals surface area contributed by atoms with E-state index in [0.717, 1.165) is 11.3 Å². The lowest BCUT2D eigenvalue weighted by molar-refractivity contribution is 0.0701. The number of aromatic nitrogens is 3. The first-order valence-corrected chi connectivity index (χ1v) is 8.44. The van der Waals surface area contributed by atoms with Crippen molar-refractivity contribution in [2.24, 2.45) is 0 Å². The van der Waals surface area contributed by atoms with Crippen molar-refractivity contribution < 1.29 is 14.7 Å². The Balaban J connectivity index is 2.21. The number of amides is 1. The van der Waals surface area contributed by atoms with Gasteiger partial charge in [-0.15, -0.1) is 11.3 Å². The number of carboxylic acid groups (broad SMARTS) is 1. The van der Waals surface area contributed by atoms with Crippen molar-refractivity contribution in [3.8, 4) is 0 Å². The summed E-state index contributed by atoms with van der Waals surface area (Å²) in [5, 5.41) is 12.5. The molecule has 0 spiro atoms. The highest BCUT2D eigenvalue weighted by atomic mass is 35.5. The molecule has 0 saturated carbocycles. The van der Waals surface area contributed by atoms with Gasteiger partial charge in [0.1, 0.15) is 21.4 Å². The molecule has 0 aliphatic carbocycles. The van der Waals surface area contributed by atoms with E-state index >= 15 is 0 Å². The molecule has 0 bridgehead atoms. The zero-order chi connectivity index (χ0) is 18.0. The van der Waals surface area contributed by atoms with E-state index in [-0.39, 0.29) is 21.5 Å². The summed E-state index contributed by atoms with van der Waals surface area (Å²) < 4.78 is 0. The van der Waals surface area contributed by atoms with Gasteiger partial charge >= 0.3 is 5.97 Å². The van der Waals surface area contributed by atoms with Crippen LogP contribution in [0.25, 0.3) is 0 Å². The largest absolute Gasteiger partial charge is 0.477 e. The second kappa shape index (κ2) is 7.23. The number of hydrogen-bond donors (Lipinski definition) is 2. The van der Waals surface area contributed by atoms with Crippen LogP contribution in [0.5, 0.6) is 0 Å². The van der Waals surface area contributed by atoms with Gasteiger partial charge in [0.2, 0.25) is 0 Å². The monoisotopic (exact) mass is 368 g/mol. The van der Waals surface area contributed by atoms with Crippen LogP contribution in [0.2, 0.25) is 5.02 Å². The zero-order valence-corrected chi connectivity index (χ0v) is 15.2. The summed E-state index contributed by atoms with van der Waals surface area (Å²) in [5.41, 5.74) is 0.514. The van der Waals surface area contributed by atoms with Crippen LogP contribution in [0.15, 0.2) is 6.20 Å². The predicted octanol–water partition coefficient (Wildman–Crippen LogP) is 3.21. The minimum atomic E-state index is -1.03. The van der Waals surface area contributed by atoms with Gasteiger partial charge in [-0.25, -0.2) is 19.7 Å². The standard InChI is InChI=1S/C15H17ClN4O3S/c1-6(2)12-17-5-9(16)10(20-12)13(21)18-8(4)14-19-7(3)11(24-14)15(22)23/h5-6,8H,1-4H3,(H,18,21)(H,22,23). The third-order valence-electron chi connectivity index (χ3n) is 3.22. The van der Waals surface area contributed by atoms with Gasteiger partial charge in [0.05, 0.1) is 23.0 Å². The van der Waals surface area contributed by atoms with Crippen LogP contribution < -0.4 is 5.32 Å². The highest BCUT2D eigenvalue weighted by Gasteiger charge is 2.22. The van der Waals surface area contributed by atoms with E-state index < -0.39 is 17.9 Å². The number of aryl methyl sites for hydroxylation is 1. The fourth-order valence-corrected chi connectivity index (χ4v) is 3.03. The number of carbonyl (C=O) groups excluding carboxylic acids is 1. The minimum absolute atomic E-state index is 0.0611. The topological polar surface area (TPSA) is 105 Å². The average molecular weight is 369 g/mol. The molecule has 1 amide bonds. The van der Waals surface area contributed by atoms with Crippen molar-refractivity contribution in [2.45, 2.75) is 39.7 Å². The van der Waals surface area contributed by atoms with Crippen LogP contribution in [0, 0.1) is 6.92 Å². The number of carbonyl (C=O) groups is 2. The van der Waals surface area contributed by atoms with E-state index in [2.05, 4.69) is 20.3 Å². The smallest absolute Gasteiger partial charge is 0.347 e. The maximum absolute atomic E-state index is 12.4. The molecule has 2 aromatic rings. The van der Waals surface area contributed by atoms with Crippen LogP contribution in [-0.2, 0) is 0 Å². The van der Waals surface area contributed by atoms with Crippen molar-refractivity contribution >= 4 is 34.8 Å². The Morgan fingerprint density at radius 3 is 2.50 bits per heavy atom. The van der Waals surface area contributed by atoms with Crippen molar-refractivity contribution in [2.75, 3.05) is 0 Å². The molecule has 0 radical (unpaired) electrons. The van der Waals surface area contributed by atoms with Crippen molar-refractivity contribution in [1.82, 2.24) is 20.3 Å². The number of nitrogens with zero attached hydrogens (tertiary/aromatic N) is 3. The van der Waals surface area contributed by atoms with Crippen LogP contribution >= 0.6 is 22.9 Å². The van der Waals surface area contributed by atoms with Gasteiger partial charge in [0.25, 0.3) is 5.91 Å². The highest BCUT2D eigenvalue weighted by molar-refractivity contribution is 7.13. The Hall–Kier alpha value is -2.06. The van der Waals surface area contributed by atoms with E-state index in [1.165, 1.54) is 6.20 Å². The second-order valence-corrected chi connectivity index (χ2v) is 6.98. The van der Waals surface area contributed by atoms with E-state index in [9.17, 15) is 9.59 Å². The minimum Gasteiger partial charge on any atom is -0.477 e. The average Bonchev–Trinajstić information content (AvgIpc) is 2.89. The summed E-state index contributed by atoms with van der Waals surface area (Å²) in [7, 11) is 0. The molecule has 2 N–H and O–H groups in total. The molecule has 2 aromatic heterocycles. The van der Waals surface area contributed by atoms with Crippen LogP contribution in [0.1, 0.15) is 69.4 Å².